The molecule has 1 atom stereocenters. The molecule has 0 spiro atoms. The van der Waals surface area contributed by atoms with Crippen LogP contribution < -0.4 is 10.5 Å². The highest BCUT2D eigenvalue weighted by molar-refractivity contribution is 5.87. The molecule has 2 aromatic rings. The lowest BCUT2D eigenvalue weighted by Crippen LogP contribution is -2.18. The second-order valence-electron chi connectivity index (χ2n) is 5.49. The number of benzene rings is 2. The first-order valence-corrected chi connectivity index (χ1v) is 7.60. The fourth-order valence-electron chi connectivity index (χ4n) is 2.51. The average Bonchev–Trinajstić information content (AvgIpc) is 2.48. The number of unbranched alkanes of at least 4 members (excludes halogenated alkanes) is 1. The van der Waals surface area contributed by atoms with Gasteiger partial charge in [-0.15, -0.1) is 0 Å². The fourth-order valence-corrected chi connectivity index (χ4v) is 2.51. The second kappa shape index (κ2) is 8.01. The van der Waals surface area contributed by atoms with Crippen LogP contribution in [-0.4, -0.2) is 26.4 Å². The van der Waals surface area contributed by atoms with Gasteiger partial charge in [-0.05, 0) is 43.0 Å². The maximum atomic E-state index is 6.01. The summed E-state index contributed by atoms with van der Waals surface area (Å²) in [5.74, 6) is 0.961. The van der Waals surface area contributed by atoms with E-state index in [-0.39, 0.29) is 6.04 Å². The smallest absolute Gasteiger partial charge is 0.123 e. The van der Waals surface area contributed by atoms with Crippen LogP contribution in [0.4, 0.5) is 0 Å². The van der Waals surface area contributed by atoms with Gasteiger partial charge in [-0.25, -0.2) is 0 Å². The Bertz CT molecular complexity index is 566. The molecule has 0 heterocycles. The van der Waals surface area contributed by atoms with Crippen molar-refractivity contribution in [2.45, 2.75) is 32.2 Å². The average molecular weight is 287 g/mol. The zero-order valence-electron chi connectivity index (χ0n) is 13.0. The number of hydrogen-bond acceptors (Lipinski definition) is 3. The van der Waals surface area contributed by atoms with E-state index in [4.69, 9.17) is 15.2 Å². The molecule has 0 aliphatic rings. The van der Waals surface area contributed by atoms with Gasteiger partial charge in [0.05, 0.1) is 6.61 Å². The van der Waals surface area contributed by atoms with Gasteiger partial charge in [-0.2, -0.15) is 0 Å². The van der Waals surface area contributed by atoms with Crippen LogP contribution in [0.1, 0.15) is 25.3 Å². The summed E-state index contributed by atoms with van der Waals surface area (Å²) in [7, 11) is 1.73. The van der Waals surface area contributed by atoms with Crippen molar-refractivity contribution in [3.63, 3.8) is 0 Å². The minimum absolute atomic E-state index is 0.117. The molecule has 2 aromatic carbocycles. The quantitative estimate of drug-likeness (QED) is 0.755. The molecule has 0 aliphatic carbocycles. The number of rotatable bonds is 8. The molecule has 21 heavy (non-hydrogen) atoms. The normalized spacial score (nSPS) is 12.5. The lowest BCUT2D eigenvalue weighted by molar-refractivity contribution is 0.184. The maximum absolute atomic E-state index is 6.01. The third kappa shape index (κ3) is 4.45. The van der Waals surface area contributed by atoms with Crippen molar-refractivity contribution in [2.75, 3.05) is 20.3 Å². The zero-order valence-corrected chi connectivity index (χ0v) is 13.0. The van der Waals surface area contributed by atoms with Crippen LogP contribution in [0.5, 0.6) is 5.75 Å². The van der Waals surface area contributed by atoms with Gasteiger partial charge in [0, 0.05) is 25.3 Å². The Labute approximate surface area is 127 Å². The summed E-state index contributed by atoms with van der Waals surface area (Å²) < 4.78 is 11.0. The van der Waals surface area contributed by atoms with Crippen LogP contribution in [-0.2, 0) is 11.2 Å². The highest BCUT2D eigenvalue weighted by Gasteiger charge is 2.10. The van der Waals surface area contributed by atoms with E-state index in [1.165, 1.54) is 16.3 Å². The molecule has 3 heteroatoms. The Balaban J connectivity index is 2.17. The molecule has 0 amide bonds. The largest absolute Gasteiger partial charge is 0.493 e. The SMILES string of the molecule is COCCCCOc1ccc2ccccc2c1CC(C)N. The van der Waals surface area contributed by atoms with Gasteiger partial charge in [0.2, 0.25) is 0 Å². The van der Waals surface area contributed by atoms with Gasteiger partial charge in [0.15, 0.2) is 0 Å². The first-order chi connectivity index (χ1) is 10.2. The van der Waals surface area contributed by atoms with E-state index in [2.05, 4.69) is 36.4 Å². The summed E-state index contributed by atoms with van der Waals surface area (Å²) >= 11 is 0. The molecule has 2 rings (SSSR count). The van der Waals surface area contributed by atoms with E-state index in [1.807, 2.05) is 6.92 Å². The van der Waals surface area contributed by atoms with Crippen LogP contribution in [0.2, 0.25) is 0 Å². The summed E-state index contributed by atoms with van der Waals surface area (Å²) in [5, 5.41) is 2.48. The molecule has 2 N–H and O–H groups in total. The summed E-state index contributed by atoms with van der Waals surface area (Å²) in [5.41, 5.74) is 7.22. The van der Waals surface area contributed by atoms with E-state index in [0.717, 1.165) is 31.6 Å². The molecule has 0 aromatic heterocycles. The molecule has 0 radical (unpaired) electrons. The monoisotopic (exact) mass is 287 g/mol. The standard InChI is InChI=1S/C18H25NO2/c1-14(19)13-17-16-8-4-3-7-15(16)9-10-18(17)21-12-6-5-11-20-2/h3-4,7-10,14H,5-6,11-13,19H2,1-2H3. The number of ether oxygens (including phenoxy) is 2. The van der Waals surface area contributed by atoms with Crippen LogP contribution in [0.3, 0.4) is 0 Å². The number of methoxy groups -OCH3 is 1. The van der Waals surface area contributed by atoms with Crippen molar-refractivity contribution in [3.8, 4) is 5.75 Å². The summed E-state index contributed by atoms with van der Waals surface area (Å²) in [6.45, 7) is 3.53. The summed E-state index contributed by atoms with van der Waals surface area (Å²) in [4.78, 5) is 0. The van der Waals surface area contributed by atoms with Crippen molar-refractivity contribution >= 4 is 10.8 Å². The Morgan fingerprint density at radius 3 is 2.57 bits per heavy atom. The Hall–Kier alpha value is -1.58. The van der Waals surface area contributed by atoms with Crippen molar-refractivity contribution in [3.05, 3.63) is 42.0 Å². The minimum Gasteiger partial charge on any atom is -0.493 e. The van der Waals surface area contributed by atoms with Crippen molar-refractivity contribution in [2.24, 2.45) is 5.73 Å². The van der Waals surface area contributed by atoms with E-state index >= 15 is 0 Å². The van der Waals surface area contributed by atoms with Crippen LogP contribution in [0.15, 0.2) is 36.4 Å². The highest BCUT2D eigenvalue weighted by atomic mass is 16.5. The topological polar surface area (TPSA) is 44.5 Å². The van der Waals surface area contributed by atoms with Gasteiger partial charge >= 0.3 is 0 Å². The molecular weight excluding hydrogens is 262 g/mol. The molecule has 0 saturated heterocycles. The van der Waals surface area contributed by atoms with E-state index in [1.54, 1.807) is 7.11 Å². The number of fused-ring (bicyclic) bond motifs is 1. The Kier molecular flexibility index (Phi) is 6.03. The molecule has 114 valence electrons. The van der Waals surface area contributed by atoms with E-state index in [0.29, 0.717) is 6.61 Å². The van der Waals surface area contributed by atoms with E-state index < -0.39 is 0 Å². The Morgan fingerprint density at radius 2 is 1.81 bits per heavy atom. The molecule has 0 bridgehead atoms. The van der Waals surface area contributed by atoms with E-state index in [9.17, 15) is 0 Å². The van der Waals surface area contributed by atoms with Crippen molar-refractivity contribution in [1.29, 1.82) is 0 Å². The summed E-state index contributed by atoms with van der Waals surface area (Å²) in [6.07, 6.45) is 2.85. The molecule has 3 nitrogen and oxygen atoms in total. The maximum Gasteiger partial charge on any atom is 0.123 e. The first kappa shape index (κ1) is 15.8. The van der Waals surface area contributed by atoms with Gasteiger partial charge in [0.1, 0.15) is 5.75 Å². The fraction of sp³-hybridized carbons (Fsp3) is 0.444. The number of nitrogens with two attached hydrogens (primary N) is 1. The van der Waals surface area contributed by atoms with Gasteiger partial charge in [-0.1, -0.05) is 30.3 Å². The molecule has 1 unspecified atom stereocenters. The van der Waals surface area contributed by atoms with Crippen molar-refractivity contribution < 1.29 is 9.47 Å². The third-order valence-corrected chi connectivity index (χ3v) is 3.52. The third-order valence-electron chi connectivity index (χ3n) is 3.52. The lowest BCUT2D eigenvalue weighted by Gasteiger charge is -2.16. The molecule has 0 fully saturated rings. The summed E-state index contributed by atoms with van der Waals surface area (Å²) in [6, 6.07) is 12.7. The number of hydrogen-bond donors (Lipinski definition) is 1. The first-order valence-electron chi connectivity index (χ1n) is 7.60. The molecular formula is C18H25NO2. The van der Waals surface area contributed by atoms with Gasteiger partial charge < -0.3 is 15.2 Å². The zero-order chi connectivity index (χ0) is 15.1. The molecule has 0 aliphatic heterocycles. The predicted molar refractivity (Wildman–Crippen MR) is 87.9 cm³/mol. The minimum atomic E-state index is 0.117. The lowest BCUT2D eigenvalue weighted by atomic mass is 9.98. The van der Waals surface area contributed by atoms with Crippen molar-refractivity contribution in [1.82, 2.24) is 0 Å². The second-order valence-corrected chi connectivity index (χ2v) is 5.49. The highest BCUT2D eigenvalue weighted by Crippen LogP contribution is 2.29. The molecule has 0 saturated carbocycles. The van der Waals surface area contributed by atoms with Crippen LogP contribution in [0, 0.1) is 0 Å². The van der Waals surface area contributed by atoms with Crippen LogP contribution in [0.25, 0.3) is 10.8 Å². The Morgan fingerprint density at radius 1 is 1.05 bits per heavy atom. The van der Waals surface area contributed by atoms with Gasteiger partial charge in [0.25, 0.3) is 0 Å². The van der Waals surface area contributed by atoms with Gasteiger partial charge in [-0.3, -0.25) is 0 Å². The van der Waals surface area contributed by atoms with Crippen LogP contribution >= 0.6 is 0 Å². The predicted octanol–water partition coefficient (Wildman–Crippen LogP) is 3.53.